The molecule has 1 aromatic carbocycles. The van der Waals surface area contributed by atoms with Gasteiger partial charge in [0.15, 0.2) is 0 Å². The highest BCUT2D eigenvalue weighted by Crippen LogP contribution is 2.38. The predicted molar refractivity (Wildman–Crippen MR) is 142 cm³/mol. The van der Waals surface area contributed by atoms with Crippen molar-refractivity contribution in [3.63, 3.8) is 0 Å². The maximum absolute atomic E-state index is 12.8. The van der Waals surface area contributed by atoms with E-state index >= 15 is 0 Å². The molecule has 4 rings (SSSR count). The van der Waals surface area contributed by atoms with Crippen LogP contribution in [0.25, 0.3) is 10.9 Å². The third-order valence-electron chi connectivity index (χ3n) is 7.27. The number of nitrogens with one attached hydrogen (secondary N) is 1. The van der Waals surface area contributed by atoms with Crippen LogP contribution in [0.2, 0.25) is 0 Å². The van der Waals surface area contributed by atoms with E-state index in [1.807, 2.05) is 54.3 Å². The van der Waals surface area contributed by atoms with Gasteiger partial charge in [-0.25, -0.2) is 10.5 Å². The van der Waals surface area contributed by atoms with Crippen molar-refractivity contribution in [1.29, 1.82) is 0 Å². The van der Waals surface area contributed by atoms with Gasteiger partial charge in [0, 0.05) is 36.6 Å². The summed E-state index contributed by atoms with van der Waals surface area (Å²) in [6, 6.07) is 11.8. The molecule has 192 valence electrons. The van der Waals surface area contributed by atoms with Gasteiger partial charge in [0.05, 0.1) is 23.1 Å². The monoisotopic (exact) mass is 509 g/mol. The molecule has 1 amide bonds. The number of aromatic nitrogens is 2. The Morgan fingerprint density at radius 2 is 2.08 bits per heavy atom. The molecular weight excluding hydrogens is 474 g/mol. The van der Waals surface area contributed by atoms with E-state index in [-0.39, 0.29) is 5.91 Å². The molecule has 0 atom stereocenters. The number of fused-ring (bicyclic) bond motifs is 1. The zero-order valence-electron chi connectivity index (χ0n) is 20.8. The lowest BCUT2D eigenvalue weighted by Crippen LogP contribution is -2.48. The molecule has 2 aromatic heterocycles. The van der Waals surface area contributed by atoms with E-state index < -0.39 is 5.41 Å². The van der Waals surface area contributed by atoms with Crippen LogP contribution in [-0.2, 0) is 17.8 Å². The molecular formula is C27H35N5O3S. The minimum Gasteiger partial charge on any atom is -0.497 e. The van der Waals surface area contributed by atoms with Gasteiger partial charge in [-0.1, -0.05) is 6.07 Å². The third-order valence-corrected chi connectivity index (χ3v) is 8.19. The number of nitrogens with zero attached hydrogens (tertiary/aromatic N) is 3. The summed E-state index contributed by atoms with van der Waals surface area (Å²) in [5.74, 6) is 1.46. The molecule has 3 aromatic rings. The molecule has 8 nitrogen and oxygen atoms in total. The summed E-state index contributed by atoms with van der Waals surface area (Å²) in [5.41, 5.74) is 10.5. The van der Waals surface area contributed by atoms with Crippen molar-refractivity contribution < 1.29 is 14.7 Å². The van der Waals surface area contributed by atoms with E-state index in [9.17, 15) is 10.0 Å². The third kappa shape index (κ3) is 6.15. The minimum absolute atomic E-state index is 0.273. The number of carbonyl (C=O) groups excluding carboxylic acids is 1. The number of likely N-dealkylation sites (tertiary alicyclic amines) is 1. The highest BCUT2D eigenvalue weighted by atomic mass is 32.2. The Balaban J connectivity index is 1.38. The van der Waals surface area contributed by atoms with Crippen molar-refractivity contribution in [2.45, 2.75) is 43.7 Å². The van der Waals surface area contributed by atoms with Gasteiger partial charge in [-0.3, -0.25) is 15.0 Å². The highest BCUT2D eigenvalue weighted by molar-refractivity contribution is 7.99. The molecule has 0 aliphatic carbocycles. The van der Waals surface area contributed by atoms with Crippen LogP contribution in [0.1, 0.15) is 36.8 Å². The fraction of sp³-hybridized carbons (Fsp3) is 0.444. The van der Waals surface area contributed by atoms with Crippen LogP contribution in [0, 0.1) is 5.41 Å². The predicted octanol–water partition coefficient (Wildman–Crippen LogP) is 3.80. The van der Waals surface area contributed by atoms with Crippen LogP contribution < -0.4 is 16.0 Å². The van der Waals surface area contributed by atoms with Gasteiger partial charge in [-0.2, -0.15) is 0 Å². The summed E-state index contributed by atoms with van der Waals surface area (Å²) in [7, 11) is 1.65. The maximum atomic E-state index is 12.8. The molecule has 3 heterocycles. The Kier molecular flexibility index (Phi) is 9.14. The fourth-order valence-electron chi connectivity index (χ4n) is 5.10. The molecule has 4 N–H and O–H groups in total. The second kappa shape index (κ2) is 12.5. The Morgan fingerprint density at radius 3 is 2.78 bits per heavy atom. The number of hydrogen-bond acceptors (Lipinski definition) is 8. The van der Waals surface area contributed by atoms with Crippen LogP contribution in [0.15, 0.2) is 53.8 Å². The smallest absolute Gasteiger partial charge is 0.249 e. The van der Waals surface area contributed by atoms with E-state index in [0.717, 1.165) is 83.9 Å². The number of ether oxygens (including phenoxy) is 1. The summed E-state index contributed by atoms with van der Waals surface area (Å²) >= 11 is 1.75. The highest BCUT2D eigenvalue weighted by Gasteiger charge is 2.40. The molecule has 1 fully saturated rings. The van der Waals surface area contributed by atoms with Crippen LogP contribution in [0.5, 0.6) is 5.75 Å². The van der Waals surface area contributed by atoms with Gasteiger partial charge in [0.2, 0.25) is 5.91 Å². The molecule has 1 aliphatic rings. The molecule has 9 heteroatoms. The number of methoxy groups -OCH3 is 1. The van der Waals surface area contributed by atoms with Crippen LogP contribution >= 0.6 is 11.8 Å². The lowest BCUT2D eigenvalue weighted by Gasteiger charge is -2.40. The number of carbonyl (C=O) groups is 1. The van der Waals surface area contributed by atoms with Crippen LogP contribution in [0.4, 0.5) is 0 Å². The Labute approximate surface area is 216 Å². The number of piperidine rings is 1. The summed E-state index contributed by atoms with van der Waals surface area (Å²) in [6.45, 7) is 3.02. The molecule has 1 aliphatic heterocycles. The van der Waals surface area contributed by atoms with Gasteiger partial charge in [0.1, 0.15) is 5.75 Å². The second-order valence-corrected chi connectivity index (χ2v) is 10.4. The quantitative estimate of drug-likeness (QED) is 0.203. The van der Waals surface area contributed by atoms with E-state index in [1.165, 1.54) is 0 Å². The number of amides is 1. The molecule has 0 saturated carbocycles. The largest absolute Gasteiger partial charge is 0.497 e. The average Bonchev–Trinajstić information content (AvgIpc) is 2.93. The van der Waals surface area contributed by atoms with Crippen molar-refractivity contribution in [2.75, 3.05) is 32.5 Å². The van der Waals surface area contributed by atoms with Gasteiger partial charge >= 0.3 is 0 Å². The molecule has 0 radical (unpaired) electrons. The average molecular weight is 510 g/mol. The first-order valence-electron chi connectivity index (χ1n) is 12.4. The Hall–Kier alpha value is -2.72. The van der Waals surface area contributed by atoms with Gasteiger partial charge in [-0.05, 0) is 86.7 Å². The summed E-state index contributed by atoms with van der Waals surface area (Å²) in [4.78, 5) is 24.1. The molecule has 0 unspecified atom stereocenters. The normalized spacial score (nSPS) is 15.6. The Bertz CT molecular complexity index is 1150. The second-order valence-electron chi connectivity index (χ2n) is 9.28. The summed E-state index contributed by atoms with van der Waals surface area (Å²) in [5, 5.41) is 11.6. The SMILES string of the molecule is COc1ccc2ncc(CN)c(CCCC3(C(=O)NO)CCN(CCSc4ccccn4)CC3)c2c1. The van der Waals surface area contributed by atoms with Crippen molar-refractivity contribution >= 4 is 28.6 Å². The van der Waals surface area contributed by atoms with E-state index in [0.29, 0.717) is 13.0 Å². The first-order valence-corrected chi connectivity index (χ1v) is 13.4. The van der Waals surface area contributed by atoms with Crippen LogP contribution in [0.3, 0.4) is 0 Å². The zero-order valence-corrected chi connectivity index (χ0v) is 21.6. The lowest BCUT2D eigenvalue weighted by atomic mass is 9.73. The van der Waals surface area contributed by atoms with Crippen LogP contribution in [-0.4, -0.2) is 58.5 Å². The van der Waals surface area contributed by atoms with E-state index in [1.54, 1.807) is 18.9 Å². The zero-order chi connectivity index (χ0) is 25.4. The van der Waals surface area contributed by atoms with Gasteiger partial charge in [-0.15, -0.1) is 11.8 Å². The van der Waals surface area contributed by atoms with Crippen molar-refractivity contribution in [2.24, 2.45) is 11.1 Å². The van der Waals surface area contributed by atoms with Crippen molar-refractivity contribution in [1.82, 2.24) is 20.3 Å². The number of nitrogens with two attached hydrogens (primary N) is 1. The molecule has 36 heavy (non-hydrogen) atoms. The first-order chi connectivity index (χ1) is 17.6. The van der Waals surface area contributed by atoms with E-state index in [4.69, 9.17) is 10.5 Å². The molecule has 0 bridgehead atoms. The number of aryl methyl sites for hydroxylation is 1. The van der Waals surface area contributed by atoms with Gasteiger partial charge < -0.3 is 15.4 Å². The number of benzene rings is 1. The first kappa shape index (κ1) is 26.3. The van der Waals surface area contributed by atoms with Crippen molar-refractivity contribution in [3.8, 4) is 5.75 Å². The Morgan fingerprint density at radius 1 is 1.25 bits per heavy atom. The minimum atomic E-state index is -0.567. The van der Waals surface area contributed by atoms with Crippen molar-refractivity contribution in [3.05, 3.63) is 59.9 Å². The molecule has 1 saturated heterocycles. The number of pyridine rings is 2. The topological polar surface area (TPSA) is 114 Å². The summed E-state index contributed by atoms with van der Waals surface area (Å²) < 4.78 is 5.43. The van der Waals surface area contributed by atoms with E-state index in [2.05, 4.69) is 14.9 Å². The number of hydrogen-bond donors (Lipinski definition) is 3. The maximum Gasteiger partial charge on any atom is 0.249 e. The number of thioether (sulfide) groups is 1. The number of hydroxylamine groups is 1. The van der Waals surface area contributed by atoms with Gasteiger partial charge in [0.25, 0.3) is 0 Å². The molecule has 0 spiro atoms. The number of rotatable bonds is 11. The standard InChI is InChI=1S/C27H35N5O3S/c1-35-21-7-8-24-23(17-21)22(20(18-28)19-30-24)5-4-9-27(26(33)31-34)10-13-32(14-11-27)15-16-36-25-6-2-3-12-29-25/h2-3,6-8,12,17,19,34H,4-5,9-11,13-16,18,28H2,1H3,(H,31,33). The summed E-state index contributed by atoms with van der Waals surface area (Å²) in [6.07, 6.45) is 7.41. The lowest BCUT2D eigenvalue weighted by molar-refractivity contribution is -0.143. The fourth-order valence-corrected chi connectivity index (χ4v) is 5.96.